The third-order valence-electron chi connectivity index (χ3n) is 2.29. The molecule has 3 atom stereocenters. The molecule has 3 heteroatoms. The van der Waals surface area contributed by atoms with Gasteiger partial charge in [0, 0.05) is 5.92 Å². The number of terminal acetylenes is 3. The average molecular weight is 247 g/mol. The van der Waals surface area contributed by atoms with Crippen LogP contribution in [0.15, 0.2) is 0 Å². The molecule has 0 aliphatic heterocycles. The van der Waals surface area contributed by atoms with Crippen LogP contribution in [0.5, 0.6) is 0 Å². The van der Waals surface area contributed by atoms with E-state index in [0.29, 0.717) is 0 Å². The van der Waals surface area contributed by atoms with Crippen LogP contribution in [0.3, 0.4) is 0 Å². The predicted octanol–water partition coefficient (Wildman–Crippen LogP) is 1.85. The number of hydrogen-bond donors (Lipinski definition) is 0. The quantitative estimate of drug-likeness (QED) is 0.530. The van der Waals surface area contributed by atoms with Crippen LogP contribution in [0.2, 0.25) is 0 Å². The summed E-state index contributed by atoms with van der Waals surface area (Å²) in [5.74, 6) is 5.08. The first-order valence-corrected chi connectivity index (χ1v) is 5.60. The third kappa shape index (κ3) is 5.26. The fourth-order valence-electron chi connectivity index (χ4n) is 1.04. The van der Waals surface area contributed by atoms with Gasteiger partial charge in [0.05, 0.1) is 6.61 Å². The molecule has 0 aromatic carbocycles. The van der Waals surface area contributed by atoms with Crippen LogP contribution >= 0.6 is 0 Å². The van der Waals surface area contributed by atoms with Crippen LogP contribution in [0, 0.1) is 42.9 Å². The molecule has 0 bridgehead atoms. The number of ether oxygens (including phenoxy) is 2. The molecule has 18 heavy (non-hydrogen) atoms. The van der Waals surface area contributed by atoms with Crippen molar-refractivity contribution < 1.29 is 14.6 Å². The molecule has 0 aromatic heterocycles. The van der Waals surface area contributed by atoms with Gasteiger partial charge in [0.2, 0.25) is 5.79 Å². The summed E-state index contributed by atoms with van der Waals surface area (Å²) in [5.41, 5.74) is -0.927. The zero-order valence-corrected chi connectivity index (χ0v) is 11.3. The normalized spacial score (nSPS) is 17.7. The molecule has 0 spiro atoms. The molecule has 97 valence electrons. The highest BCUT2D eigenvalue weighted by Crippen LogP contribution is 2.22. The standard InChI is InChI=1S/C15H19O3/c1-8-12(4)11-17-15(7,16)13(9-2)18-14(5,6)10-3/h1-3,12-13H,11H2,4-7H3. The highest BCUT2D eigenvalue weighted by molar-refractivity contribution is 5.08. The van der Waals surface area contributed by atoms with Crippen LogP contribution in [0.1, 0.15) is 27.7 Å². The summed E-state index contributed by atoms with van der Waals surface area (Å²) in [6, 6.07) is 0. The Morgan fingerprint density at radius 1 is 1.17 bits per heavy atom. The summed E-state index contributed by atoms with van der Waals surface area (Å²) >= 11 is 0. The Labute approximate surface area is 110 Å². The van der Waals surface area contributed by atoms with Gasteiger partial charge in [0.25, 0.3) is 0 Å². The van der Waals surface area contributed by atoms with E-state index in [2.05, 4.69) is 17.8 Å². The predicted molar refractivity (Wildman–Crippen MR) is 69.7 cm³/mol. The zero-order valence-electron chi connectivity index (χ0n) is 11.3. The van der Waals surface area contributed by atoms with Crippen LogP contribution < -0.4 is 0 Å². The van der Waals surface area contributed by atoms with Crippen LogP contribution in [0.4, 0.5) is 0 Å². The number of rotatable bonds is 6. The Kier molecular flexibility index (Phi) is 5.96. The van der Waals surface area contributed by atoms with E-state index in [1.54, 1.807) is 20.8 Å². The maximum absolute atomic E-state index is 12.2. The van der Waals surface area contributed by atoms with E-state index in [1.165, 1.54) is 6.92 Å². The topological polar surface area (TPSA) is 38.4 Å². The van der Waals surface area contributed by atoms with E-state index in [0.717, 1.165) is 0 Å². The minimum Gasteiger partial charge on any atom is -0.344 e. The van der Waals surface area contributed by atoms with E-state index in [9.17, 15) is 5.11 Å². The maximum atomic E-state index is 12.2. The molecule has 0 N–H and O–H groups in total. The fraction of sp³-hybridized carbons (Fsp3) is 0.600. The van der Waals surface area contributed by atoms with Gasteiger partial charge in [-0.2, -0.15) is 5.11 Å². The molecule has 0 aromatic rings. The Balaban J connectivity index is 4.70. The molecule has 1 radical (unpaired) electrons. The second-order valence-corrected chi connectivity index (χ2v) is 4.71. The molecule has 0 aliphatic rings. The smallest absolute Gasteiger partial charge is 0.236 e. The van der Waals surface area contributed by atoms with E-state index >= 15 is 0 Å². The molecular weight excluding hydrogens is 228 g/mol. The second-order valence-electron chi connectivity index (χ2n) is 4.71. The first-order chi connectivity index (χ1) is 8.18. The zero-order chi connectivity index (χ0) is 14.4. The summed E-state index contributed by atoms with van der Waals surface area (Å²) < 4.78 is 10.6. The van der Waals surface area contributed by atoms with Crippen molar-refractivity contribution in [3.63, 3.8) is 0 Å². The molecule has 0 fully saturated rings. The van der Waals surface area contributed by atoms with Crippen molar-refractivity contribution in [2.24, 2.45) is 5.92 Å². The van der Waals surface area contributed by atoms with Crippen molar-refractivity contribution in [2.75, 3.05) is 6.61 Å². The lowest BCUT2D eigenvalue weighted by atomic mass is 10.1. The van der Waals surface area contributed by atoms with Crippen molar-refractivity contribution in [3.8, 4) is 37.0 Å². The van der Waals surface area contributed by atoms with E-state index in [-0.39, 0.29) is 12.5 Å². The minimum atomic E-state index is -1.89. The molecule has 0 rings (SSSR count). The fourth-order valence-corrected chi connectivity index (χ4v) is 1.04. The lowest BCUT2D eigenvalue weighted by molar-refractivity contribution is -0.284. The van der Waals surface area contributed by atoms with Crippen LogP contribution in [-0.4, -0.2) is 24.1 Å². The lowest BCUT2D eigenvalue weighted by Gasteiger charge is -2.32. The largest absolute Gasteiger partial charge is 0.344 e. The molecule has 3 nitrogen and oxygen atoms in total. The van der Waals surface area contributed by atoms with Crippen molar-refractivity contribution in [1.82, 2.24) is 0 Å². The lowest BCUT2D eigenvalue weighted by Crippen LogP contribution is -2.46. The van der Waals surface area contributed by atoms with Gasteiger partial charge in [0.1, 0.15) is 5.60 Å². The first kappa shape index (κ1) is 16.6. The summed E-state index contributed by atoms with van der Waals surface area (Å²) in [6.45, 7) is 6.50. The van der Waals surface area contributed by atoms with Crippen molar-refractivity contribution in [3.05, 3.63) is 0 Å². The van der Waals surface area contributed by atoms with E-state index in [1.807, 2.05) is 0 Å². The molecule has 3 unspecified atom stereocenters. The van der Waals surface area contributed by atoms with Gasteiger partial charge in [-0.25, -0.2) is 0 Å². The molecule has 0 aliphatic carbocycles. The van der Waals surface area contributed by atoms with Gasteiger partial charge >= 0.3 is 0 Å². The monoisotopic (exact) mass is 247 g/mol. The van der Waals surface area contributed by atoms with Gasteiger partial charge in [-0.3, -0.25) is 0 Å². The van der Waals surface area contributed by atoms with Gasteiger partial charge in [0.15, 0.2) is 6.10 Å². The van der Waals surface area contributed by atoms with Crippen molar-refractivity contribution in [2.45, 2.75) is 45.2 Å². The molecule has 0 heterocycles. The van der Waals surface area contributed by atoms with Crippen molar-refractivity contribution >= 4 is 0 Å². The van der Waals surface area contributed by atoms with Gasteiger partial charge in [-0.05, 0) is 27.7 Å². The van der Waals surface area contributed by atoms with Gasteiger partial charge in [-0.1, -0.05) is 11.8 Å². The Morgan fingerprint density at radius 3 is 2.11 bits per heavy atom. The molecule has 0 saturated carbocycles. The first-order valence-electron chi connectivity index (χ1n) is 5.60. The Bertz CT molecular complexity index is 387. The van der Waals surface area contributed by atoms with E-state index in [4.69, 9.17) is 28.7 Å². The maximum Gasteiger partial charge on any atom is 0.236 e. The summed E-state index contributed by atoms with van der Waals surface area (Å²) in [4.78, 5) is 0. The van der Waals surface area contributed by atoms with Crippen LogP contribution in [0.25, 0.3) is 0 Å². The SMILES string of the molecule is C#CC(C)COC(C)([O])C(C#C)OC(C)(C)C#C. The highest BCUT2D eigenvalue weighted by Gasteiger charge is 2.38. The average Bonchev–Trinajstić information content (AvgIpc) is 2.32. The van der Waals surface area contributed by atoms with Gasteiger partial charge in [-0.15, -0.1) is 25.2 Å². The summed E-state index contributed by atoms with van der Waals surface area (Å²) in [5, 5.41) is 12.2. The van der Waals surface area contributed by atoms with E-state index < -0.39 is 17.5 Å². The third-order valence-corrected chi connectivity index (χ3v) is 2.29. The molecular formula is C15H19O3. The van der Waals surface area contributed by atoms with Crippen molar-refractivity contribution in [1.29, 1.82) is 0 Å². The van der Waals surface area contributed by atoms with Crippen LogP contribution in [-0.2, 0) is 14.6 Å². The summed E-state index contributed by atoms with van der Waals surface area (Å²) in [7, 11) is 0. The summed E-state index contributed by atoms with van der Waals surface area (Å²) in [6.07, 6.45) is 14.7. The second kappa shape index (κ2) is 6.48. The minimum absolute atomic E-state index is 0.120. The highest BCUT2D eigenvalue weighted by atomic mass is 16.7. The Hall–Kier alpha value is -1.44. The molecule has 0 saturated heterocycles. The molecule has 0 amide bonds. The number of hydrogen-bond acceptors (Lipinski definition) is 2. The van der Waals surface area contributed by atoms with Gasteiger partial charge < -0.3 is 9.47 Å². The Morgan fingerprint density at radius 2 is 1.72 bits per heavy atom.